The van der Waals surface area contributed by atoms with Crippen molar-refractivity contribution >= 4 is 11.8 Å². The fourth-order valence-corrected chi connectivity index (χ4v) is 1.07. The fraction of sp³-hybridized carbons (Fsp3) is 0.400. The second kappa shape index (κ2) is 4.60. The lowest BCUT2D eigenvalue weighted by molar-refractivity contribution is -0.125. The number of rotatable bonds is 0. The third-order valence-corrected chi connectivity index (χ3v) is 2.03. The van der Waals surface area contributed by atoms with Crippen molar-refractivity contribution in [1.29, 1.82) is 0 Å². The summed E-state index contributed by atoms with van der Waals surface area (Å²) in [7, 11) is 3.54. The minimum atomic E-state index is 0.111. The van der Waals surface area contributed by atoms with E-state index < -0.39 is 0 Å². The van der Waals surface area contributed by atoms with Crippen LogP contribution in [0.5, 0.6) is 0 Å². The van der Waals surface area contributed by atoms with Crippen LogP contribution in [0, 0.1) is 0 Å². The molecule has 0 aromatic heterocycles. The Kier molecular flexibility index (Phi) is 3.45. The molecular formula is C10H14N2O2. The Hall–Kier alpha value is -1.58. The number of likely N-dealkylation sites (N-methyl/N-ethyl adjacent to an activating group) is 1. The third-order valence-electron chi connectivity index (χ3n) is 2.03. The molecule has 0 aliphatic carbocycles. The zero-order valence-corrected chi connectivity index (χ0v) is 8.43. The van der Waals surface area contributed by atoms with E-state index in [0.29, 0.717) is 6.42 Å². The lowest BCUT2D eigenvalue weighted by Crippen LogP contribution is -2.18. The summed E-state index contributed by atoms with van der Waals surface area (Å²) in [5.74, 6) is 0.292. The van der Waals surface area contributed by atoms with E-state index in [1.807, 2.05) is 12.2 Å². The van der Waals surface area contributed by atoms with Crippen molar-refractivity contribution in [3.05, 3.63) is 24.4 Å². The van der Waals surface area contributed by atoms with Crippen LogP contribution >= 0.6 is 0 Å². The van der Waals surface area contributed by atoms with Crippen LogP contribution in [-0.4, -0.2) is 42.3 Å². The van der Waals surface area contributed by atoms with E-state index in [1.54, 1.807) is 36.2 Å². The van der Waals surface area contributed by atoms with Gasteiger partial charge in [-0.25, -0.2) is 0 Å². The molecule has 76 valence electrons. The average molecular weight is 194 g/mol. The zero-order chi connectivity index (χ0) is 10.6. The van der Waals surface area contributed by atoms with Gasteiger partial charge in [0.2, 0.25) is 11.8 Å². The topological polar surface area (TPSA) is 40.6 Å². The Bertz CT molecular complexity index is 294. The SMILES string of the molecule is CN1C=CCC1=O.CN1CC=CC1=O. The lowest BCUT2D eigenvalue weighted by Gasteiger charge is -2.03. The summed E-state index contributed by atoms with van der Waals surface area (Å²) in [5, 5.41) is 0. The van der Waals surface area contributed by atoms with Crippen LogP contribution in [0.15, 0.2) is 24.4 Å². The summed E-state index contributed by atoms with van der Waals surface area (Å²) in [5.41, 5.74) is 0. The first-order valence-corrected chi connectivity index (χ1v) is 4.45. The molecule has 0 N–H and O–H groups in total. The van der Waals surface area contributed by atoms with Crippen molar-refractivity contribution in [2.24, 2.45) is 0 Å². The third kappa shape index (κ3) is 2.73. The maximum absolute atomic E-state index is 10.4. The summed E-state index contributed by atoms with van der Waals surface area (Å²) in [4.78, 5) is 24.1. The predicted molar refractivity (Wildman–Crippen MR) is 53.3 cm³/mol. The van der Waals surface area contributed by atoms with E-state index in [9.17, 15) is 9.59 Å². The number of hydrogen-bond donors (Lipinski definition) is 0. The monoisotopic (exact) mass is 194 g/mol. The number of amides is 2. The van der Waals surface area contributed by atoms with Gasteiger partial charge in [-0.05, 0) is 0 Å². The van der Waals surface area contributed by atoms with E-state index in [1.165, 1.54) is 0 Å². The van der Waals surface area contributed by atoms with Crippen LogP contribution in [-0.2, 0) is 9.59 Å². The predicted octanol–water partition coefficient (Wildman–Crippen LogP) is 0.377. The molecule has 0 aromatic rings. The maximum atomic E-state index is 10.4. The number of carbonyl (C=O) groups is 2. The first-order valence-electron chi connectivity index (χ1n) is 4.45. The second-order valence-corrected chi connectivity index (χ2v) is 3.21. The van der Waals surface area contributed by atoms with Crippen molar-refractivity contribution in [3.8, 4) is 0 Å². The van der Waals surface area contributed by atoms with Crippen LogP contribution in [0.25, 0.3) is 0 Å². The van der Waals surface area contributed by atoms with Crippen LogP contribution in [0.2, 0.25) is 0 Å². The quantitative estimate of drug-likeness (QED) is 0.559. The van der Waals surface area contributed by atoms with Gasteiger partial charge in [0.15, 0.2) is 0 Å². The Morgan fingerprint density at radius 3 is 2.07 bits per heavy atom. The van der Waals surface area contributed by atoms with E-state index >= 15 is 0 Å². The molecular weight excluding hydrogens is 180 g/mol. The summed E-state index contributed by atoms with van der Waals surface area (Å²) in [6.07, 6.45) is 7.64. The standard InChI is InChI=1S/2C5H7NO/c2*1-6-4-2-3-5(6)7/h2,4H,3H2,1H3;2-3H,4H2,1H3. The molecule has 0 unspecified atom stereocenters. The number of carbonyl (C=O) groups excluding carboxylic acids is 2. The first-order chi connectivity index (χ1) is 6.61. The number of nitrogens with zero attached hydrogens (tertiary/aromatic N) is 2. The first kappa shape index (κ1) is 10.5. The van der Waals surface area contributed by atoms with Crippen molar-refractivity contribution in [1.82, 2.24) is 9.80 Å². The van der Waals surface area contributed by atoms with Gasteiger partial charge in [0.25, 0.3) is 0 Å². The van der Waals surface area contributed by atoms with Crippen molar-refractivity contribution in [2.45, 2.75) is 6.42 Å². The minimum Gasteiger partial charge on any atom is -0.338 e. The molecule has 0 aromatic carbocycles. The molecule has 2 amide bonds. The van der Waals surface area contributed by atoms with Crippen molar-refractivity contribution < 1.29 is 9.59 Å². The molecule has 0 atom stereocenters. The van der Waals surface area contributed by atoms with Gasteiger partial charge in [-0.3, -0.25) is 9.59 Å². The molecule has 2 aliphatic rings. The molecule has 4 nitrogen and oxygen atoms in total. The molecule has 14 heavy (non-hydrogen) atoms. The van der Waals surface area contributed by atoms with Gasteiger partial charge in [0.05, 0.1) is 0 Å². The highest BCUT2D eigenvalue weighted by molar-refractivity contribution is 5.89. The van der Waals surface area contributed by atoms with E-state index in [0.717, 1.165) is 6.54 Å². The molecule has 0 radical (unpaired) electrons. The van der Waals surface area contributed by atoms with Gasteiger partial charge in [-0.15, -0.1) is 0 Å². The maximum Gasteiger partial charge on any atom is 0.246 e. The normalized spacial score (nSPS) is 19.0. The Labute approximate surface area is 83.5 Å². The highest BCUT2D eigenvalue weighted by atomic mass is 16.2. The summed E-state index contributed by atoms with van der Waals surface area (Å²) in [6, 6.07) is 0. The highest BCUT2D eigenvalue weighted by Gasteiger charge is 2.07. The molecule has 2 aliphatic heterocycles. The highest BCUT2D eigenvalue weighted by Crippen LogP contribution is 2.00. The minimum absolute atomic E-state index is 0.111. The van der Waals surface area contributed by atoms with Crippen molar-refractivity contribution in [2.75, 3.05) is 20.6 Å². The molecule has 2 heterocycles. The molecule has 4 heteroatoms. The molecule has 0 bridgehead atoms. The Morgan fingerprint density at radius 2 is 1.93 bits per heavy atom. The van der Waals surface area contributed by atoms with Gasteiger partial charge in [-0.1, -0.05) is 12.2 Å². The van der Waals surface area contributed by atoms with E-state index in [2.05, 4.69) is 0 Å². The number of hydrogen-bond acceptors (Lipinski definition) is 2. The summed E-state index contributed by atoms with van der Waals surface area (Å²) in [6.45, 7) is 0.777. The van der Waals surface area contributed by atoms with Gasteiger partial charge in [0.1, 0.15) is 0 Å². The van der Waals surface area contributed by atoms with Crippen LogP contribution < -0.4 is 0 Å². The second-order valence-electron chi connectivity index (χ2n) is 3.21. The average Bonchev–Trinajstić information content (AvgIpc) is 2.67. The zero-order valence-electron chi connectivity index (χ0n) is 8.43. The van der Waals surface area contributed by atoms with Crippen molar-refractivity contribution in [3.63, 3.8) is 0 Å². The van der Waals surface area contributed by atoms with Gasteiger partial charge in [0, 0.05) is 39.3 Å². The van der Waals surface area contributed by atoms with E-state index in [4.69, 9.17) is 0 Å². The Morgan fingerprint density at radius 1 is 1.21 bits per heavy atom. The summed E-state index contributed by atoms with van der Waals surface area (Å²) >= 11 is 0. The Balaban J connectivity index is 0.000000140. The van der Waals surface area contributed by atoms with Crippen LogP contribution in [0.1, 0.15) is 6.42 Å². The van der Waals surface area contributed by atoms with Crippen LogP contribution in [0.4, 0.5) is 0 Å². The molecule has 0 saturated heterocycles. The lowest BCUT2D eigenvalue weighted by atomic mass is 10.5. The van der Waals surface area contributed by atoms with Gasteiger partial charge < -0.3 is 9.80 Å². The molecule has 0 spiro atoms. The van der Waals surface area contributed by atoms with Crippen LogP contribution in [0.3, 0.4) is 0 Å². The van der Waals surface area contributed by atoms with E-state index in [-0.39, 0.29) is 11.8 Å². The fourth-order valence-electron chi connectivity index (χ4n) is 1.07. The molecule has 0 saturated carbocycles. The summed E-state index contributed by atoms with van der Waals surface area (Å²) < 4.78 is 0. The smallest absolute Gasteiger partial charge is 0.246 e. The van der Waals surface area contributed by atoms with Gasteiger partial charge in [-0.2, -0.15) is 0 Å². The molecule has 2 rings (SSSR count). The van der Waals surface area contributed by atoms with Gasteiger partial charge >= 0.3 is 0 Å². The molecule has 0 fully saturated rings. The largest absolute Gasteiger partial charge is 0.338 e.